The number of benzene rings is 4. The molecule has 2 amide bonds. The Kier molecular flexibility index (Phi) is 25.5. The molecule has 2 aliphatic rings. The number of thioether (sulfide) groups is 1. The van der Waals surface area contributed by atoms with Crippen LogP contribution in [0.5, 0.6) is 11.5 Å². The number of amides is 2. The van der Waals surface area contributed by atoms with Crippen LogP contribution in [-0.2, 0) is 48.9 Å². The first kappa shape index (κ1) is 74.8. The minimum Gasteiger partial charge on any atom is -0.494 e. The molecular formula is C63H73N17O15S5. The number of nitrogens with one attached hydrogen (secondary N) is 4. The van der Waals surface area contributed by atoms with Crippen molar-refractivity contribution in [3.05, 3.63) is 93.7 Å². The summed E-state index contributed by atoms with van der Waals surface area (Å²) in [6.45, 7) is 15.8. The van der Waals surface area contributed by atoms with Gasteiger partial charge in [-0.25, -0.2) is 0 Å². The van der Waals surface area contributed by atoms with Gasteiger partial charge in [0.2, 0.25) is 22.2 Å². The van der Waals surface area contributed by atoms with E-state index in [0.717, 1.165) is 58.7 Å². The molecule has 0 radical (unpaired) electrons. The molecule has 2 fully saturated rings. The first-order chi connectivity index (χ1) is 47.9. The summed E-state index contributed by atoms with van der Waals surface area (Å²) in [5.74, 6) is -0.774. The van der Waals surface area contributed by atoms with Crippen LogP contribution >= 0.6 is 34.4 Å². The molecule has 7 N–H and O–H groups in total. The fraction of sp³-hybridized carbons (Fsp3) is 0.349. The van der Waals surface area contributed by atoms with E-state index in [4.69, 9.17) is 54.1 Å². The molecule has 4 aromatic carbocycles. The maximum Gasteiger partial charge on any atom is 0.294 e. The molecule has 0 atom stereocenters. The molecule has 37 heteroatoms. The monoisotopic (exact) mass is 1470 g/mol. The number of anilines is 10. The second-order valence-corrected chi connectivity index (χ2v) is 27.5. The molecule has 3 aromatic heterocycles. The number of ether oxygens (including phenoxy) is 4. The van der Waals surface area contributed by atoms with Crippen LogP contribution in [0.15, 0.2) is 119 Å². The van der Waals surface area contributed by atoms with Gasteiger partial charge in [-0.2, -0.15) is 41.8 Å². The summed E-state index contributed by atoms with van der Waals surface area (Å²) in [4.78, 5) is 86.2. The number of hydrogen-bond donors (Lipinski definition) is 7. The second-order valence-electron chi connectivity index (χ2n) is 21.6. The van der Waals surface area contributed by atoms with Crippen molar-refractivity contribution in [3.8, 4) is 11.5 Å². The largest absolute Gasteiger partial charge is 0.494 e. The Balaban J connectivity index is 1.10. The van der Waals surface area contributed by atoms with Crippen LogP contribution in [0.2, 0.25) is 0 Å². The minimum absolute atomic E-state index is 0.0269. The first-order valence-corrected chi connectivity index (χ1v) is 36.7. The van der Waals surface area contributed by atoms with E-state index in [-0.39, 0.29) is 83.4 Å². The molecule has 0 spiro atoms. The summed E-state index contributed by atoms with van der Waals surface area (Å²) < 4.78 is 88.9. The predicted octanol–water partition coefficient (Wildman–Crippen LogP) is 10.3. The van der Waals surface area contributed by atoms with Crippen molar-refractivity contribution in [2.24, 2.45) is 20.5 Å². The molecule has 32 nitrogen and oxygen atoms in total. The van der Waals surface area contributed by atoms with E-state index in [1.807, 2.05) is 49.6 Å². The number of Topliss-reactive ketones (excluding diaryl/α,β-unsaturated/α-hetero) is 2. The van der Waals surface area contributed by atoms with Gasteiger partial charge in [0.25, 0.3) is 32.1 Å². The third kappa shape index (κ3) is 19.1. The van der Waals surface area contributed by atoms with Crippen molar-refractivity contribution in [1.82, 2.24) is 24.9 Å². The van der Waals surface area contributed by atoms with Gasteiger partial charge in [0.05, 0.1) is 101 Å². The van der Waals surface area contributed by atoms with Crippen LogP contribution in [0.1, 0.15) is 51.3 Å². The highest BCUT2D eigenvalue weighted by Crippen LogP contribution is 2.45. The Bertz CT molecular complexity index is 4220. The molecule has 0 bridgehead atoms. The number of rotatable bonds is 31. The topological polar surface area (TPSA) is 409 Å². The molecular weight excluding hydrogens is 1400 g/mol. The van der Waals surface area contributed by atoms with Crippen LogP contribution in [0.25, 0.3) is 12.2 Å². The van der Waals surface area contributed by atoms with Crippen LogP contribution in [-0.4, -0.2) is 185 Å². The van der Waals surface area contributed by atoms with Crippen molar-refractivity contribution < 1.29 is 69.2 Å². The summed E-state index contributed by atoms with van der Waals surface area (Å²) in [5, 5.41) is 41.2. The van der Waals surface area contributed by atoms with E-state index in [2.05, 4.69) is 41.3 Å². The molecule has 2 saturated heterocycles. The summed E-state index contributed by atoms with van der Waals surface area (Å²) in [5.41, 5.74) is 2.38. The zero-order valence-electron chi connectivity index (χ0n) is 55.6. The van der Waals surface area contributed by atoms with Gasteiger partial charge in [-0.05, 0) is 114 Å². The smallest absolute Gasteiger partial charge is 0.294 e. The van der Waals surface area contributed by atoms with Gasteiger partial charge in [0.1, 0.15) is 34.5 Å². The van der Waals surface area contributed by atoms with Crippen molar-refractivity contribution in [2.45, 2.75) is 56.5 Å². The maximum atomic E-state index is 13.8. The lowest BCUT2D eigenvalue weighted by atomic mass is 10.1. The van der Waals surface area contributed by atoms with E-state index < -0.39 is 43.6 Å². The minimum atomic E-state index is -4.51. The number of aliphatic hydroxyl groups is 1. The Hall–Kier alpha value is -9.44. The average Bonchev–Trinajstić information content (AvgIpc) is 1.30. The number of aliphatic hydroxyl groups excluding tert-OH is 1. The van der Waals surface area contributed by atoms with Gasteiger partial charge < -0.3 is 64.9 Å². The highest BCUT2D eigenvalue weighted by molar-refractivity contribution is 7.99. The molecule has 7 aromatic rings. The highest BCUT2D eigenvalue weighted by atomic mass is 32.2. The summed E-state index contributed by atoms with van der Waals surface area (Å²) in [6, 6.07) is 16.5. The number of azo groups is 2. The van der Waals surface area contributed by atoms with Crippen molar-refractivity contribution >= 4 is 169 Å². The van der Waals surface area contributed by atoms with E-state index in [1.165, 1.54) is 64.5 Å². The van der Waals surface area contributed by atoms with Crippen LogP contribution < -0.4 is 50.3 Å². The van der Waals surface area contributed by atoms with E-state index in [9.17, 15) is 50.2 Å². The quantitative estimate of drug-likeness (QED) is 0.00530. The van der Waals surface area contributed by atoms with Crippen LogP contribution in [0, 0.1) is 0 Å². The Morgan fingerprint density at radius 2 is 0.970 bits per heavy atom. The van der Waals surface area contributed by atoms with E-state index >= 15 is 0 Å². The molecule has 5 heterocycles. The molecule has 530 valence electrons. The van der Waals surface area contributed by atoms with Crippen molar-refractivity contribution in [2.75, 3.05) is 146 Å². The number of nitrogens with zero attached hydrogens (tertiary/aromatic N) is 13. The highest BCUT2D eigenvalue weighted by Gasteiger charge is 2.27. The summed E-state index contributed by atoms with van der Waals surface area (Å²) >= 11 is 3.27. The second kappa shape index (κ2) is 34.1. The lowest BCUT2D eigenvalue weighted by Gasteiger charge is -2.27. The lowest BCUT2D eigenvalue weighted by molar-refractivity contribution is -0.120. The number of carbonyl (C=O) groups excluding carboxylic acids is 4. The van der Waals surface area contributed by atoms with Crippen LogP contribution in [0.3, 0.4) is 0 Å². The van der Waals surface area contributed by atoms with E-state index in [1.54, 1.807) is 12.1 Å². The number of carbonyl (C=O) groups is 4. The Morgan fingerprint density at radius 1 is 0.590 bits per heavy atom. The lowest BCUT2D eigenvalue weighted by Crippen LogP contribution is -2.36. The fourth-order valence-corrected chi connectivity index (χ4v) is 13.4. The number of aromatic nitrogens is 5. The number of morpholine rings is 2. The van der Waals surface area contributed by atoms with Crippen molar-refractivity contribution in [1.29, 1.82) is 0 Å². The zero-order valence-corrected chi connectivity index (χ0v) is 59.7. The molecule has 0 aliphatic carbocycles. The van der Waals surface area contributed by atoms with Gasteiger partial charge in [-0.15, -0.1) is 20.5 Å². The third-order valence-electron chi connectivity index (χ3n) is 15.2. The van der Waals surface area contributed by atoms with Gasteiger partial charge in [-0.3, -0.25) is 28.3 Å². The van der Waals surface area contributed by atoms with Crippen molar-refractivity contribution in [3.63, 3.8) is 0 Å². The maximum absolute atomic E-state index is 13.8. The Labute approximate surface area is 588 Å². The average molecular weight is 1470 g/mol. The van der Waals surface area contributed by atoms with E-state index in [0.29, 0.717) is 134 Å². The molecule has 9 rings (SSSR count). The molecule has 2 aliphatic heterocycles. The number of thiazole rings is 2. The molecule has 0 saturated carbocycles. The van der Waals surface area contributed by atoms with Crippen LogP contribution in [0.4, 0.5) is 79.3 Å². The third-order valence-corrected chi connectivity index (χ3v) is 19.5. The molecule has 0 unspecified atom stereocenters. The van der Waals surface area contributed by atoms with Gasteiger partial charge in [-0.1, -0.05) is 34.4 Å². The molecule has 100 heavy (non-hydrogen) atoms. The number of methoxy groups -OCH3 is 2. The van der Waals surface area contributed by atoms with Gasteiger partial charge in [0, 0.05) is 81.6 Å². The number of hydrogen-bond acceptors (Lipinski definition) is 31. The first-order valence-electron chi connectivity index (χ1n) is 31.2. The number of ketones is 2. The predicted molar refractivity (Wildman–Crippen MR) is 383 cm³/mol. The van der Waals surface area contributed by atoms with Gasteiger partial charge >= 0.3 is 0 Å². The fourth-order valence-electron chi connectivity index (χ4n) is 10.2. The van der Waals surface area contributed by atoms with Gasteiger partial charge in [0.15, 0.2) is 16.7 Å². The standard InChI is InChI=1S/C63H73N17O15S5/c1-9-77(10-2)49-33-45(47(35-51(49)92-7)73-75-62-68-55(79-21-26-94-27-22-79)53(97-62)31-43(37(5)82)57(84)64-39-13-17-41(18-14-39)99(86,87)88)66-59-70-60(72-61(71-59)96-30-25-81)67-46-34-50(78(11-3)12-4)52(93-8)36-48(46)74-76-63-69-56(80-23-28-95-29-24-80)54(98-63)32-44(38(6)83)58(85)65-40-15-19-42(20-16-40)100(89,90)91/h13-20,31-36,81H,9-12,21-30H2,1-8H3,(H,64,84)(H,65,85)(H,86,87,88)(H,89,90,91)(H2,66,67,70,71,72)/b43-31-,44-32+,75-73?,76-74?. The Morgan fingerprint density at radius 3 is 1.30 bits per heavy atom. The zero-order chi connectivity index (χ0) is 71.8. The summed E-state index contributed by atoms with van der Waals surface area (Å²) in [6.07, 6.45) is 2.81. The summed E-state index contributed by atoms with van der Waals surface area (Å²) in [7, 11) is -5.95. The normalized spacial score (nSPS) is 13.9. The SMILES string of the molecule is CCN(CC)c1cc(Nc2nc(Nc3cc(N(CC)CC)c(OC)cc3N=Nc3nc(N4CCOCC4)c(/C=C(\C(C)=O)C(=O)Nc4ccc(S(=O)(=O)O)cc4)s3)nc(SCCO)n2)c(N=Nc2nc(N3CCOCC3)c(/C=C(/C(C)=O)C(=O)Nc3ccc(S(=O)(=O)O)cc3)s2)cc1OC.